The van der Waals surface area contributed by atoms with Crippen molar-refractivity contribution < 1.29 is 39.6 Å². The van der Waals surface area contributed by atoms with Crippen LogP contribution in [0.5, 0.6) is 0 Å². The predicted octanol–water partition coefficient (Wildman–Crippen LogP) is 6.90. The van der Waals surface area contributed by atoms with E-state index in [1.165, 1.54) is 0 Å². The molecule has 4 heterocycles. The first-order valence-electron chi connectivity index (χ1n) is 20.9. The lowest BCUT2D eigenvalue weighted by Gasteiger charge is -2.69. The lowest BCUT2D eigenvalue weighted by molar-refractivity contribution is -0.249. The van der Waals surface area contributed by atoms with Gasteiger partial charge in [0.05, 0.1) is 0 Å². The molecular weight excluding hydrogens is 713 g/mol. The maximum absolute atomic E-state index is 15.5. The maximum atomic E-state index is 15.5. The van der Waals surface area contributed by atoms with E-state index in [0.29, 0.717) is 38.5 Å². The van der Waals surface area contributed by atoms with Crippen LogP contribution in [0.1, 0.15) is 169 Å². The van der Waals surface area contributed by atoms with Crippen molar-refractivity contribution in [1.29, 1.82) is 0 Å². The summed E-state index contributed by atoms with van der Waals surface area (Å²) in [6, 6.07) is 0. The minimum absolute atomic E-state index is 0.0682. The summed E-state index contributed by atoms with van der Waals surface area (Å²) >= 11 is 0. The van der Waals surface area contributed by atoms with Crippen molar-refractivity contribution in [3.05, 3.63) is 0 Å². The minimum Gasteiger partial charge on any atom is -0.481 e. The van der Waals surface area contributed by atoms with Gasteiger partial charge in [-0.3, -0.25) is 19.2 Å². The van der Waals surface area contributed by atoms with Gasteiger partial charge in [0, 0.05) is 44.3 Å². The highest BCUT2D eigenvalue weighted by molar-refractivity contribution is 6.20. The van der Waals surface area contributed by atoms with Gasteiger partial charge in [-0.25, -0.2) is 0 Å². The van der Waals surface area contributed by atoms with E-state index >= 15 is 4.79 Å². The van der Waals surface area contributed by atoms with Crippen LogP contribution in [0.2, 0.25) is 0 Å². The second-order valence-corrected chi connectivity index (χ2v) is 24.2. The second kappa shape index (κ2) is 13.9. The van der Waals surface area contributed by atoms with Gasteiger partial charge in [-0.1, -0.05) is 0 Å². The molecule has 322 valence electrons. The van der Waals surface area contributed by atoms with Crippen LogP contribution < -0.4 is 21.3 Å². The van der Waals surface area contributed by atoms with Crippen molar-refractivity contribution in [3.63, 3.8) is 0 Å². The van der Waals surface area contributed by atoms with Gasteiger partial charge in [-0.15, -0.1) is 0 Å². The third-order valence-electron chi connectivity index (χ3n) is 14.2. The van der Waals surface area contributed by atoms with Crippen LogP contribution in [0, 0.1) is 39.9 Å². The Morgan fingerprint density at radius 2 is 0.643 bits per heavy atom. The van der Waals surface area contributed by atoms with Crippen molar-refractivity contribution >= 4 is 23.9 Å². The molecule has 56 heavy (non-hydrogen) atoms. The molecule has 0 amide bonds. The van der Waals surface area contributed by atoms with Crippen molar-refractivity contribution in [2.45, 2.75) is 213 Å². The monoisotopic (exact) mass is 791 g/mol. The molecule has 1 unspecified atom stereocenters. The summed E-state index contributed by atoms with van der Waals surface area (Å²) in [5, 5.41) is 62.3. The van der Waals surface area contributed by atoms with Crippen molar-refractivity contribution in [2.24, 2.45) is 39.9 Å². The van der Waals surface area contributed by atoms with Gasteiger partial charge >= 0.3 is 23.9 Å². The highest BCUT2D eigenvalue weighted by Gasteiger charge is 2.84. The first-order chi connectivity index (χ1) is 24.8. The molecule has 1 atom stereocenters. The zero-order valence-corrected chi connectivity index (χ0v) is 37.6. The third-order valence-corrected chi connectivity index (χ3v) is 14.2. The number of piperidine rings is 4. The largest absolute Gasteiger partial charge is 0.481 e. The Labute approximate surface area is 336 Å². The van der Waals surface area contributed by atoms with Crippen LogP contribution in [0.15, 0.2) is 0 Å². The van der Waals surface area contributed by atoms with Gasteiger partial charge in [-0.05, 0) is 198 Å². The molecule has 0 aromatic carbocycles. The van der Waals surface area contributed by atoms with E-state index in [9.17, 15) is 34.8 Å². The number of rotatable bonds is 11. The van der Waals surface area contributed by atoms with E-state index in [2.05, 4.69) is 104 Å². The van der Waals surface area contributed by atoms with Gasteiger partial charge in [0.25, 0.3) is 5.41 Å². The van der Waals surface area contributed by atoms with E-state index < -0.39 is 102 Å². The Bertz CT molecular complexity index is 1440. The third kappa shape index (κ3) is 8.29. The highest BCUT2D eigenvalue weighted by Crippen LogP contribution is 2.73. The molecule has 4 rings (SSSR count). The molecule has 12 heteroatoms. The van der Waals surface area contributed by atoms with Crippen LogP contribution in [0.25, 0.3) is 0 Å². The first kappa shape index (κ1) is 46.4. The SMILES string of the molecule is CC1(C)CC(CC(C2CC(C)(C)NC(C)(C)C2)(C2CC(C)(C)NC(C)(C)C2)C(C(=O)O)(C2CC(C)(C)NC(C)(C)C2)C(C(=O)O)(C(=O)O)C(=O)O)CC(C)(C)N1. The van der Waals surface area contributed by atoms with Gasteiger partial charge in [-0.2, -0.15) is 0 Å². The lowest BCUT2D eigenvalue weighted by atomic mass is 9.33. The Morgan fingerprint density at radius 1 is 0.411 bits per heavy atom. The molecule has 0 spiro atoms. The Kier molecular flexibility index (Phi) is 11.5. The molecule has 4 saturated heterocycles. The maximum Gasteiger partial charge on any atom is 0.334 e. The average molecular weight is 791 g/mol. The first-order valence-corrected chi connectivity index (χ1v) is 20.9. The summed E-state index contributed by atoms with van der Waals surface area (Å²) < 4.78 is 0. The lowest BCUT2D eigenvalue weighted by Crippen LogP contribution is -2.78. The molecule has 0 aromatic heterocycles. The smallest absolute Gasteiger partial charge is 0.334 e. The fraction of sp³-hybridized carbons (Fsp3) is 0.909. The number of aliphatic carboxylic acids is 4. The van der Waals surface area contributed by atoms with E-state index in [1.807, 2.05) is 27.7 Å². The summed E-state index contributed by atoms with van der Waals surface area (Å²) in [6.45, 7) is 32.7. The van der Waals surface area contributed by atoms with E-state index in [0.717, 1.165) is 0 Å². The summed E-state index contributed by atoms with van der Waals surface area (Å²) in [7, 11) is 0. The quantitative estimate of drug-likeness (QED) is 0.101. The molecule has 4 fully saturated rings. The molecule has 8 N–H and O–H groups in total. The Hall–Kier alpha value is -2.28. The fourth-order valence-electron chi connectivity index (χ4n) is 15.0. The zero-order chi connectivity index (χ0) is 43.3. The van der Waals surface area contributed by atoms with Crippen molar-refractivity contribution in [3.8, 4) is 0 Å². The zero-order valence-electron chi connectivity index (χ0n) is 37.6. The topological polar surface area (TPSA) is 197 Å². The van der Waals surface area contributed by atoms with Gasteiger partial charge in [0.15, 0.2) is 0 Å². The van der Waals surface area contributed by atoms with Gasteiger partial charge in [0.1, 0.15) is 5.41 Å². The van der Waals surface area contributed by atoms with Crippen LogP contribution >= 0.6 is 0 Å². The second-order valence-electron chi connectivity index (χ2n) is 24.2. The minimum atomic E-state index is -3.75. The fourth-order valence-corrected chi connectivity index (χ4v) is 15.0. The van der Waals surface area contributed by atoms with Crippen LogP contribution in [0.4, 0.5) is 0 Å². The Balaban J connectivity index is 2.42. The van der Waals surface area contributed by atoms with Crippen molar-refractivity contribution in [1.82, 2.24) is 21.3 Å². The molecular formula is C44H78N4O8. The van der Waals surface area contributed by atoms with Crippen LogP contribution in [0.3, 0.4) is 0 Å². The molecule has 0 bridgehead atoms. The van der Waals surface area contributed by atoms with Gasteiger partial charge < -0.3 is 41.7 Å². The molecule has 0 aliphatic carbocycles. The van der Waals surface area contributed by atoms with E-state index in [4.69, 9.17) is 0 Å². The van der Waals surface area contributed by atoms with Crippen LogP contribution in [-0.4, -0.2) is 88.6 Å². The summed E-state index contributed by atoms with van der Waals surface area (Å²) in [5.41, 5.74) is -13.0. The van der Waals surface area contributed by atoms with E-state index in [-0.39, 0.29) is 25.2 Å². The number of hydrogen-bond acceptors (Lipinski definition) is 8. The summed E-state index contributed by atoms with van der Waals surface area (Å²) in [4.78, 5) is 58.6. The molecule has 12 nitrogen and oxygen atoms in total. The molecule has 4 aliphatic rings. The summed E-state index contributed by atoms with van der Waals surface area (Å²) in [6.07, 6.45) is 3.15. The highest BCUT2D eigenvalue weighted by atomic mass is 16.4. The average Bonchev–Trinajstić information content (AvgIpc) is 2.86. The number of carboxylic acid groups (broad SMARTS) is 4. The standard InChI is InChI=1S/C44H78N4O8/c1-34(2)17-26(18-35(3,4)45-34)19-42(27-20-36(5,6)46-37(7,8)21-27,28-22-38(9,10)47-39(11,12)23-28)44(33(55)56,43(30(49)50,31(51)52)32(53)54)29-24-40(13,14)48-41(15,16)25-29/h26-29,45-48H,17-25H2,1-16H3,(H,49,50)(H,51,52)(H,53,54)(H,55,56). The predicted molar refractivity (Wildman–Crippen MR) is 219 cm³/mol. The van der Waals surface area contributed by atoms with Crippen LogP contribution in [-0.2, 0) is 19.2 Å². The normalized spacial score (nSPS) is 28.8. The number of hydrogen-bond donors (Lipinski definition) is 8. The Morgan fingerprint density at radius 3 is 0.875 bits per heavy atom. The number of carboxylic acids is 4. The molecule has 4 aliphatic heterocycles. The van der Waals surface area contributed by atoms with E-state index in [1.54, 1.807) is 0 Å². The molecule has 0 radical (unpaired) electrons. The van der Waals surface area contributed by atoms with Crippen molar-refractivity contribution in [2.75, 3.05) is 0 Å². The molecule has 0 saturated carbocycles. The molecule has 0 aromatic rings. The number of nitrogens with one attached hydrogen (secondary N) is 4. The summed E-state index contributed by atoms with van der Waals surface area (Å²) in [5.74, 6) is -10.6. The van der Waals surface area contributed by atoms with Gasteiger partial charge in [0.2, 0.25) is 0 Å². The number of carbonyl (C=O) groups is 4.